The van der Waals surface area contributed by atoms with Gasteiger partial charge in [-0.2, -0.15) is 0 Å². The van der Waals surface area contributed by atoms with Crippen molar-refractivity contribution in [2.75, 3.05) is 13.2 Å². The van der Waals surface area contributed by atoms with Crippen molar-refractivity contribution in [3.63, 3.8) is 0 Å². The molecule has 0 heterocycles. The maximum Gasteiger partial charge on any atom is 0.126 e. The number of unbranched alkanes of at least 4 members (excludes halogenated alkanes) is 2. The first-order valence-electron chi connectivity index (χ1n) is 28.8. The fourth-order valence-corrected chi connectivity index (χ4v) is 11.6. The molecule has 1 aliphatic carbocycles. The van der Waals surface area contributed by atoms with E-state index in [1.54, 1.807) is 0 Å². The molecule has 1 aliphatic rings. The van der Waals surface area contributed by atoms with Gasteiger partial charge in [0.15, 0.2) is 0 Å². The van der Waals surface area contributed by atoms with Crippen LogP contribution in [-0.2, 0) is 36.5 Å². The first-order chi connectivity index (χ1) is 38.6. The number of benzene rings is 10. The topological polar surface area (TPSA) is 83.6 Å². The summed E-state index contributed by atoms with van der Waals surface area (Å²) in [5.41, 5.74) is 12.3. The second-order valence-electron chi connectivity index (χ2n) is 24.1. The van der Waals surface area contributed by atoms with Crippen molar-refractivity contribution in [1.82, 2.24) is 0 Å². The molecule has 0 saturated heterocycles. The number of phenols is 2. The Kier molecular flexibility index (Phi) is 15.1. The molecule has 10 aromatic rings. The van der Waals surface area contributed by atoms with Gasteiger partial charge in [-0.15, -0.1) is 0 Å². The Bertz CT molecular complexity index is 3570. The van der Waals surface area contributed by atoms with E-state index in [0.717, 1.165) is 158 Å². The van der Waals surface area contributed by atoms with Gasteiger partial charge in [0.05, 0.1) is 24.6 Å². The van der Waals surface area contributed by atoms with Crippen LogP contribution < -0.4 is 9.47 Å². The Morgan fingerprint density at radius 1 is 0.400 bits per heavy atom. The molecular weight excluding hydrogens is 981 g/mol. The van der Waals surface area contributed by atoms with E-state index in [1.807, 2.05) is 12.4 Å². The SMILES string of the molecule is CCCCOc1c2cc(C(C)(C)C)cc1Cc1cc(N=Cc3c4ccccc4cc4ccccc34)cc(c1O)Cc1cc(C(C)(C)C)cc(c1OCCCC)Cc1cc(N=Cc3c4ccccc4cc4ccccc34)cc(c1O)C2. The minimum Gasteiger partial charge on any atom is -0.507 e. The summed E-state index contributed by atoms with van der Waals surface area (Å²) in [6.45, 7) is 18.8. The molecule has 6 heteroatoms. The van der Waals surface area contributed by atoms with E-state index in [-0.39, 0.29) is 22.3 Å². The number of rotatable bonds is 12. The van der Waals surface area contributed by atoms with E-state index in [9.17, 15) is 10.2 Å². The van der Waals surface area contributed by atoms with Crippen LogP contribution in [0, 0.1) is 0 Å². The standard InChI is InChI=1S/C74H74N2O4/c1-9-11-29-79-71-55-33-51-41-61(75-45-67-63-25-17-13-21-47(63)31-48-22-14-18-26-64(48)67)43-53(69(51)77)35-57-39-60(74(6,7)8)40-58(72(57)80-30-12-10-2)36-54-44-62(42-52(70(54)78)34-56(71)38-59(37-55)73(3,4)5)76-46-68-65-27-19-15-23-49(65)32-50-24-16-20-28-66(50)68/h13-28,31-32,37-46,77-78H,9-12,29-30,33-36H2,1-8H3. The van der Waals surface area contributed by atoms with E-state index >= 15 is 0 Å². The Balaban J connectivity index is 1.16. The molecule has 404 valence electrons. The zero-order valence-corrected chi connectivity index (χ0v) is 47.8. The number of ether oxygens (including phenoxy) is 2. The Labute approximate surface area is 472 Å². The van der Waals surface area contributed by atoms with Crippen molar-refractivity contribution in [1.29, 1.82) is 0 Å². The van der Waals surface area contributed by atoms with Crippen LogP contribution in [0.4, 0.5) is 11.4 Å². The molecule has 0 atom stereocenters. The van der Waals surface area contributed by atoms with Gasteiger partial charge >= 0.3 is 0 Å². The van der Waals surface area contributed by atoms with Gasteiger partial charge < -0.3 is 19.7 Å². The minimum absolute atomic E-state index is 0.237. The van der Waals surface area contributed by atoms with Crippen LogP contribution in [-0.4, -0.2) is 35.9 Å². The third-order valence-electron chi connectivity index (χ3n) is 16.0. The van der Waals surface area contributed by atoms with Gasteiger partial charge in [-0.3, -0.25) is 9.98 Å². The van der Waals surface area contributed by atoms with Gasteiger partial charge in [0.25, 0.3) is 0 Å². The molecule has 0 saturated carbocycles. The average molecular weight is 1060 g/mol. The normalized spacial score (nSPS) is 13.1. The molecular formula is C74H74N2O4. The molecule has 0 aromatic heterocycles. The van der Waals surface area contributed by atoms with Gasteiger partial charge in [0.1, 0.15) is 23.0 Å². The molecule has 0 aliphatic heterocycles. The zero-order valence-electron chi connectivity index (χ0n) is 47.8. The van der Waals surface area contributed by atoms with E-state index in [1.165, 1.54) is 0 Å². The second-order valence-corrected chi connectivity index (χ2v) is 24.1. The number of hydrogen-bond donors (Lipinski definition) is 2. The van der Waals surface area contributed by atoms with Crippen LogP contribution in [0.5, 0.6) is 23.0 Å². The van der Waals surface area contributed by atoms with E-state index < -0.39 is 0 Å². The highest BCUT2D eigenvalue weighted by Gasteiger charge is 2.27. The van der Waals surface area contributed by atoms with Crippen LogP contribution >= 0.6 is 0 Å². The summed E-state index contributed by atoms with van der Waals surface area (Å²) in [6, 6.07) is 55.8. The molecule has 80 heavy (non-hydrogen) atoms. The summed E-state index contributed by atoms with van der Waals surface area (Å²) in [4.78, 5) is 10.7. The fraction of sp³-hybridized carbons (Fsp3) is 0.270. The predicted molar refractivity (Wildman–Crippen MR) is 336 cm³/mol. The Hall–Kier alpha value is -8.22. The van der Waals surface area contributed by atoms with Gasteiger partial charge in [0, 0.05) is 71.5 Å². The summed E-state index contributed by atoms with van der Waals surface area (Å²) in [5, 5.41) is 35.0. The van der Waals surface area contributed by atoms with Crippen LogP contribution in [0.15, 0.2) is 168 Å². The lowest BCUT2D eigenvalue weighted by atomic mass is 9.81. The summed E-state index contributed by atoms with van der Waals surface area (Å²) in [5.74, 6) is 2.03. The van der Waals surface area contributed by atoms with Crippen LogP contribution in [0.3, 0.4) is 0 Å². The molecule has 2 N–H and O–H groups in total. The minimum atomic E-state index is -0.241. The highest BCUT2D eigenvalue weighted by atomic mass is 16.5. The number of nitrogens with zero attached hydrogens (tertiary/aromatic N) is 2. The number of fused-ring (bicyclic) bond motifs is 12. The quantitative estimate of drug-likeness (QED) is 0.0725. The molecule has 0 radical (unpaired) electrons. The monoisotopic (exact) mass is 1050 g/mol. The molecule has 6 nitrogen and oxygen atoms in total. The first-order valence-corrected chi connectivity index (χ1v) is 28.8. The second kappa shape index (κ2) is 22.5. The molecule has 0 amide bonds. The van der Waals surface area contributed by atoms with Crippen molar-refractivity contribution in [2.45, 2.75) is 118 Å². The van der Waals surface area contributed by atoms with E-state index in [4.69, 9.17) is 19.5 Å². The molecule has 0 spiro atoms. The molecule has 11 rings (SSSR count). The van der Waals surface area contributed by atoms with Gasteiger partial charge in [-0.1, -0.05) is 190 Å². The third kappa shape index (κ3) is 11.2. The lowest BCUT2D eigenvalue weighted by molar-refractivity contribution is 0.303. The highest BCUT2D eigenvalue weighted by Crippen LogP contribution is 2.44. The van der Waals surface area contributed by atoms with Crippen LogP contribution in [0.25, 0.3) is 43.1 Å². The van der Waals surface area contributed by atoms with E-state index in [0.29, 0.717) is 38.9 Å². The highest BCUT2D eigenvalue weighted by molar-refractivity contribution is 6.15. The largest absolute Gasteiger partial charge is 0.507 e. The maximum atomic E-state index is 12.9. The van der Waals surface area contributed by atoms with Crippen molar-refractivity contribution in [2.24, 2.45) is 9.98 Å². The molecule has 10 aromatic carbocycles. The molecule has 0 unspecified atom stereocenters. The molecule has 0 fully saturated rings. The lowest BCUT2D eigenvalue weighted by Gasteiger charge is -2.26. The maximum absolute atomic E-state index is 12.9. The van der Waals surface area contributed by atoms with E-state index in [2.05, 4.69) is 213 Å². The Morgan fingerprint density at radius 3 is 0.963 bits per heavy atom. The molecule has 8 bridgehead atoms. The lowest BCUT2D eigenvalue weighted by Crippen LogP contribution is -2.15. The summed E-state index contributed by atoms with van der Waals surface area (Å²) >= 11 is 0. The summed E-state index contributed by atoms with van der Waals surface area (Å²) < 4.78 is 14.0. The zero-order chi connectivity index (χ0) is 55.7. The number of hydrogen-bond acceptors (Lipinski definition) is 6. The smallest absolute Gasteiger partial charge is 0.126 e. The van der Waals surface area contributed by atoms with Gasteiger partial charge in [-0.25, -0.2) is 0 Å². The first kappa shape index (κ1) is 53.8. The van der Waals surface area contributed by atoms with Crippen molar-refractivity contribution in [3.8, 4) is 23.0 Å². The predicted octanol–water partition coefficient (Wildman–Crippen LogP) is 18.8. The Morgan fingerprint density at radius 2 is 0.688 bits per heavy atom. The van der Waals surface area contributed by atoms with Gasteiger partial charge in [0.2, 0.25) is 0 Å². The van der Waals surface area contributed by atoms with Crippen molar-refractivity contribution in [3.05, 3.63) is 224 Å². The number of aliphatic imine (C=N–C) groups is 2. The van der Waals surface area contributed by atoms with Crippen molar-refractivity contribution < 1.29 is 19.7 Å². The summed E-state index contributed by atoms with van der Waals surface area (Å²) in [7, 11) is 0. The van der Waals surface area contributed by atoms with Crippen LogP contribution in [0.1, 0.15) is 148 Å². The third-order valence-corrected chi connectivity index (χ3v) is 16.0. The number of aromatic hydroxyl groups is 2. The summed E-state index contributed by atoms with van der Waals surface area (Å²) in [6.07, 6.45) is 9.23. The fourth-order valence-electron chi connectivity index (χ4n) is 11.6. The van der Waals surface area contributed by atoms with Gasteiger partial charge in [-0.05, 0) is 137 Å². The number of phenolic OH excluding ortho intramolecular Hbond substituents is 2. The average Bonchev–Trinajstić information content (AvgIpc) is 3.48. The van der Waals surface area contributed by atoms with Crippen molar-refractivity contribution >= 4 is 66.9 Å². The van der Waals surface area contributed by atoms with Crippen LogP contribution in [0.2, 0.25) is 0 Å².